The van der Waals surface area contributed by atoms with E-state index < -0.39 is 11.6 Å². The molecule has 0 atom stereocenters. The number of benzene rings is 1. The van der Waals surface area contributed by atoms with Crippen molar-refractivity contribution in [3.63, 3.8) is 0 Å². The quantitative estimate of drug-likeness (QED) is 0.821. The van der Waals surface area contributed by atoms with Gasteiger partial charge in [0.05, 0.1) is 15.7 Å². The lowest BCUT2D eigenvalue weighted by Crippen LogP contribution is -2.08. The number of halogens is 3. The highest BCUT2D eigenvalue weighted by Crippen LogP contribution is 2.33. The fourth-order valence-corrected chi connectivity index (χ4v) is 2.38. The standard InChI is InChI=1S/C15H16BrF2N3/c1-4-11-20-14(8(3)15(21-11)19-5-2)12-10(17)7-6-9(16)13(12)18/h6-7H,4-5H2,1-3H3,(H,19,20,21). The predicted molar refractivity (Wildman–Crippen MR) is 83.4 cm³/mol. The second-order valence-corrected chi connectivity index (χ2v) is 5.42. The van der Waals surface area contributed by atoms with Gasteiger partial charge in [-0.15, -0.1) is 0 Å². The molecule has 0 radical (unpaired) electrons. The first kappa shape index (κ1) is 15.8. The summed E-state index contributed by atoms with van der Waals surface area (Å²) in [4.78, 5) is 8.68. The Morgan fingerprint density at radius 2 is 1.90 bits per heavy atom. The zero-order valence-electron chi connectivity index (χ0n) is 12.1. The molecule has 0 aliphatic rings. The maximum atomic E-state index is 14.3. The summed E-state index contributed by atoms with van der Waals surface area (Å²) < 4.78 is 28.6. The van der Waals surface area contributed by atoms with Crippen molar-refractivity contribution in [2.24, 2.45) is 0 Å². The lowest BCUT2D eigenvalue weighted by atomic mass is 10.1. The van der Waals surface area contributed by atoms with Gasteiger partial charge in [0.15, 0.2) is 0 Å². The Kier molecular flexibility index (Phi) is 4.88. The fraction of sp³-hybridized carbons (Fsp3) is 0.333. The maximum Gasteiger partial charge on any atom is 0.149 e. The first-order valence-electron chi connectivity index (χ1n) is 6.74. The Morgan fingerprint density at radius 1 is 1.19 bits per heavy atom. The fourth-order valence-electron chi connectivity index (χ4n) is 2.05. The van der Waals surface area contributed by atoms with Crippen molar-refractivity contribution < 1.29 is 8.78 Å². The number of nitrogens with zero attached hydrogens (tertiary/aromatic N) is 2. The number of hydrogen-bond acceptors (Lipinski definition) is 3. The molecule has 1 aromatic heterocycles. The van der Waals surface area contributed by atoms with E-state index >= 15 is 0 Å². The van der Waals surface area contributed by atoms with Crippen LogP contribution in [0, 0.1) is 18.6 Å². The summed E-state index contributed by atoms with van der Waals surface area (Å²) in [5.74, 6) is -0.133. The smallest absolute Gasteiger partial charge is 0.149 e. The third-order valence-corrected chi connectivity index (χ3v) is 3.75. The molecule has 0 saturated carbocycles. The van der Waals surface area contributed by atoms with E-state index in [1.54, 1.807) is 6.92 Å². The molecule has 0 aliphatic heterocycles. The molecular weight excluding hydrogens is 340 g/mol. The van der Waals surface area contributed by atoms with Crippen molar-refractivity contribution in [3.05, 3.63) is 39.6 Å². The van der Waals surface area contributed by atoms with Gasteiger partial charge in [0.25, 0.3) is 0 Å². The van der Waals surface area contributed by atoms with Gasteiger partial charge >= 0.3 is 0 Å². The molecule has 112 valence electrons. The minimum Gasteiger partial charge on any atom is -0.370 e. The highest BCUT2D eigenvalue weighted by atomic mass is 79.9. The number of hydrogen-bond donors (Lipinski definition) is 1. The summed E-state index contributed by atoms with van der Waals surface area (Å²) in [6, 6.07) is 2.57. The van der Waals surface area contributed by atoms with E-state index in [0.717, 1.165) is 0 Å². The molecule has 0 saturated heterocycles. The Balaban J connectivity index is 2.74. The Morgan fingerprint density at radius 3 is 2.52 bits per heavy atom. The molecule has 0 amide bonds. The van der Waals surface area contributed by atoms with Crippen LogP contribution in [0.5, 0.6) is 0 Å². The summed E-state index contributed by atoms with van der Waals surface area (Å²) in [6.07, 6.45) is 0.586. The molecule has 3 nitrogen and oxygen atoms in total. The van der Waals surface area contributed by atoms with Crippen LogP contribution in [0.15, 0.2) is 16.6 Å². The van der Waals surface area contributed by atoms with Crippen LogP contribution in [0.25, 0.3) is 11.3 Å². The van der Waals surface area contributed by atoms with Crippen molar-refractivity contribution in [3.8, 4) is 11.3 Å². The average Bonchev–Trinajstić information content (AvgIpc) is 2.47. The van der Waals surface area contributed by atoms with Crippen molar-refractivity contribution >= 4 is 21.7 Å². The molecule has 6 heteroatoms. The van der Waals surface area contributed by atoms with Crippen molar-refractivity contribution in [1.82, 2.24) is 9.97 Å². The summed E-state index contributed by atoms with van der Waals surface area (Å²) >= 11 is 3.09. The van der Waals surface area contributed by atoms with E-state index in [0.29, 0.717) is 30.2 Å². The minimum atomic E-state index is -0.652. The van der Waals surface area contributed by atoms with E-state index in [4.69, 9.17) is 0 Å². The van der Waals surface area contributed by atoms with Crippen LogP contribution < -0.4 is 5.32 Å². The molecule has 0 spiro atoms. The maximum absolute atomic E-state index is 14.3. The van der Waals surface area contributed by atoms with Gasteiger partial charge < -0.3 is 5.32 Å². The number of anilines is 1. The second-order valence-electron chi connectivity index (χ2n) is 4.56. The summed E-state index contributed by atoms with van der Waals surface area (Å²) in [5, 5.41) is 3.11. The molecule has 0 bridgehead atoms. The number of nitrogens with one attached hydrogen (secondary N) is 1. The monoisotopic (exact) mass is 355 g/mol. The highest BCUT2D eigenvalue weighted by molar-refractivity contribution is 9.10. The van der Waals surface area contributed by atoms with Crippen molar-refractivity contribution in [2.75, 3.05) is 11.9 Å². The van der Waals surface area contributed by atoms with Crippen LogP contribution in [-0.4, -0.2) is 16.5 Å². The summed E-state index contributed by atoms with van der Waals surface area (Å²) in [5.41, 5.74) is 0.789. The molecule has 0 fully saturated rings. The lowest BCUT2D eigenvalue weighted by molar-refractivity contribution is 0.584. The van der Waals surface area contributed by atoms with Gasteiger partial charge in [0, 0.05) is 18.5 Å². The van der Waals surface area contributed by atoms with Gasteiger partial charge in [-0.2, -0.15) is 0 Å². The van der Waals surface area contributed by atoms with E-state index in [1.165, 1.54) is 12.1 Å². The topological polar surface area (TPSA) is 37.8 Å². The minimum absolute atomic E-state index is 0.127. The molecule has 1 heterocycles. The molecular formula is C15H16BrF2N3. The first-order chi connectivity index (χ1) is 9.99. The molecule has 2 aromatic rings. The second kappa shape index (κ2) is 6.47. The van der Waals surface area contributed by atoms with E-state index in [9.17, 15) is 8.78 Å². The normalized spacial score (nSPS) is 10.8. The molecule has 0 unspecified atom stereocenters. The summed E-state index contributed by atoms with van der Waals surface area (Å²) in [7, 11) is 0. The van der Waals surface area contributed by atoms with Gasteiger partial charge in [-0.05, 0) is 41.9 Å². The predicted octanol–water partition coefficient (Wildman–Crippen LogP) is 4.49. The van der Waals surface area contributed by atoms with Crippen LogP contribution in [0.2, 0.25) is 0 Å². The average molecular weight is 356 g/mol. The van der Waals surface area contributed by atoms with Crippen molar-refractivity contribution in [1.29, 1.82) is 0 Å². The molecule has 1 N–H and O–H groups in total. The Bertz CT molecular complexity index is 674. The third-order valence-electron chi connectivity index (χ3n) is 3.13. The van der Waals surface area contributed by atoms with E-state index in [1.807, 2.05) is 13.8 Å². The zero-order chi connectivity index (χ0) is 15.6. The highest BCUT2D eigenvalue weighted by Gasteiger charge is 2.20. The van der Waals surface area contributed by atoms with Gasteiger partial charge in [-0.25, -0.2) is 18.7 Å². The molecule has 21 heavy (non-hydrogen) atoms. The number of rotatable bonds is 4. The molecule has 1 aromatic carbocycles. The summed E-state index contributed by atoms with van der Waals surface area (Å²) in [6.45, 7) is 6.27. The van der Waals surface area contributed by atoms with Gasteiger partial charge in [-0.3, -0.25) is 0 Å². The Hall–Kier alpha value is -1.56. The molecule has 0 aliphatic carbocycles. The van der Waals surface area contributed by atoms with Crippen LogP contribution in [0.1, 0.15) is 25.2 Å². The van der Waals surface area contributed by atoms with Crippen LogP contribution in [-0.2, 0) is 6.42 Å². The van der Waals surface area contributed by atoms with Crippen LogP contribution >= 0.6 is 15.9 Å². The zero-order valence-corrected chi connectivity index (χ0v) is 13.7. The van der Waals surface area contributed by atoms with E-state index in [-0.39, 0.29) is 15.7 Å². The third kappa shape index (κ3) is 3.05. The SMILES string of the molecule is CCNc1nc(CC)nc(-c2c(F)ccc(Br)c2F)c1C. The van der Waals surface area contributed by atoms with Crippen LogP contribution in [0.3, 0.4) is 0 Å². The Labute approximate surface area is 131 Å². The first-order valence-corrected chi connectivity index (χ1v) is 7.54. The number of aromatic nitrogens is 2. The van der Waals surface area contributed by atoms with Gasteiger partial charge in [-0.1, -0.05) is 6.92 Å². The van der Waals surface area contributed by atoms with Crippen LogP contribution in [0.4, 0.5) is 14.6 Å². The number of aryl methyl sites for hydroxylation is 1. The van der Waals surface area contributed by atoms with Gasteiger partial charge in [0.1, 0.15) is 23.3 Å². The van der Waals surface area contributed by atoms with Gasteiger partial charge in [0.2, 0.25) is 0 Å². The molecule has 2 rings (SSSR count). The van der Waals surface area contributed by atoms with E-state index in [2.05, 4.69) is 31.2 Å². The largest absolute Gasteiger partial charge is 0.370 e. The van der Waals surface area contributed by atoms with Crippen molar-refractivity contribution in [2.45, 2.75) is 27.2 Å². The lowest BCUT2D eigenvalue weighted by Gasteiger charge is -2.14.